The maximum Gasteiger partial charge on any atom is 0.171 e. The number of aromatic amines is 1. The van der Waals surface area contributed by atoms with E-state index in [1.807, 2.05) is 13.0 Å². The molecule has 1 aliphatic rings. The van der Waals surface area contributed by atoms with E-state index in [-0.39, 0.29) is 28.9 Å². The lowest BCUT2D eigenvalue weighted by Gasteiger charge is -2.31. The number of rotatable bonds is 5. The molecule has 0 unspecified atom stereocenters. The molecule has 1 saturated carbocycles. The molecule has 1 aromatic heterocycles. The van der Waals surface area contributed by atoms with Crippen molar-refractivity contribution >= 4 is 22.9 Å². The molecule has 1 aliphatic carbocycles. The summed E-state index contributed by atoms with van der Waals surface area (Å²) < 4.78 is 28.3. The predicted octanol–water partition coefficient (Wildman–Crippen LogP) is 4.63. The van der Waals surface area contributed by atoms with Crippen LogP contribution in [0, 0.1) is 11.6 Å². The summed E-state index contributed by atoms with van der Waals surface area (Å²) in [4.78, 5) is 1.71. The van der Waals surface area contributed by atoms with Gasteiger partial charge in [0, 0.05) is 17.7 Å². The number of nitrogens with one attached hydrogen (secondary N) is 1. The van der Waals surface area contributed by atoms with E-state index < -0.39 is 5.82 Å². The average Bonchev–Trinajstić information content (AvgIpc) is 3.40. The quantitative estimate of drug-likeness (QED) is 0.573. The Morgan fingerprint density at radius 2 is 1.74 bits per heavy atom. The number of anilines is 4. The van der Waals surface area contributed by atoms with Gasteiger partial charge in [0.25, 0.3) is 0 Å². The second-order valence-corrected chi connectivity index (χ2v) is 6.96. The summed E-state index contributed by atoms with van der Waals surface area (Å²) in [6, 6.07) is 10.7. The standard InChI is InChI=1S/C20H21F2N5/c1-11(12-4-6-14(21)7-5-12)27(18-10-17(25-26-18)13-2-3-13)20-16(24)9-8-15(23)19(20)22/h4-11,13H,2-3,23-24H2,1H3,(H,25,26)/t11-/m0/s1. The Kier molecular flexibility index (Phi) is 4.22. The maximum atomic E-state index is 15.0. The average molecular weight is 369 g/mol. The Hall–Kier alpha value is -3.09. The van der Waals surface area contributed by atoms with E-state index >= 15 is 0 Å². The second-order valence-electron chi connectivity index (χ2n) is 6.96. The van der Waals surface area contributed by atoms with Crippen LogP contribution < -0.4 is 16.4 Å². The molecule has 140 valence electrons. The van der Waals surface area contributed by atoms with E-state index in [1.54, 1.807) is 23.1 Å². The monoisotopic (exact) mass is 369 g/mol. The zero-order valence-corrected chi connectivity index (χ0v) is 14.9. The number of nitrogens with two attached hydrogens (primary N) is 2. The molecule has 5 nitrogen and oxygen atoms in total. The van der Waals surface area contributed by atoms with Crippen molar-refractivity contribution in [3.05, 3.63) is 65.4 Å². The van der Waals surface area contributed by atoms with Gasteiger partial charge in [0.1, 0.15) is 11.5 Å². The van der Waals surface area contributed by atoms with Crippen molar-refractivity contribution in [1.82, 2.24) is 10.2 Å². The minimum absolute atomic E-state index is 0.00783. The predicted molar refractivity (Wildman–Crippen MR) is 103 cm³/mol. The smallest absolute Gasteiger partial charge is 0.171 e. The number of aromatic nitrogens is 2. The molecule has 1 heterocycles. The fourth-order valence-corrected chi connectivity index (χ4v) is 3.29. The number of benzene rings is 2. The number of nitrogens with zero attached hydrogens (tertiary/aromatic N) is 2. The molecule has 0 bridgehead atoms. The van der Waals surface area contributed by atoms with E-state index in [0.717, 1.165) is 24.1 Å². The molecule has 2 aromatic carbocycles. The molecule has 0 radical (unpaired) electrons. The van der Waals surface area contributed by atoms with Crippen molar-refractivity contribution < 1.29 is 8.78 Å². The summed E-state index contributed by atoms with van der Waals surface area (Å²) in [5.41, 5.74) is 14.2. The van der Waals surface area contributed by atoms with Crippen molar-refractivity contribution in [2.75, 3.05) is 16.4 Å². The van der Waals surface area contributed by atoms with Crippen LogP contribution in [0.2, 0.25) is 0 Å². The molecule has 27 heavy (non-hydrogen) atoms. The highest BCUT2D eigenvalue weighted by molar-refractivity contribution is 5.78. The second kappa shape index (κ2) is 6.57. The summed E-state index contributed by atoms with van der Waals surface area (Å²) in [7, 11) is 0. The summed E-state index contributed by atoms with van der Waals surface area (Å²) in [6.07, 6.45) is 2.23. The van der Waals surface area contributed by atoms with Crippen molar-refractivity contribution in [3.63, 3.8) is 0 Å². The van der Waals surface area contributed by atoms with Crippen molar-refractivity contribution in [1.29, 1.82) is 0 Å². The van der Waals surface area contributed by atoms with E-state index in [9.17, 15) is 8.78 Å². The van der Waals surface area contributed by atoms with Gasteiger partial charge in [-0.25, -0.2) is 8.78 Å². The van der Waals surface area contributed by atoms with Crippen LogP contribution in [-0.2, 0) is 0 Å². The van der Waals surface area contributed by atoms with Gasteiger partial charge in [0.2, 0.25) is 0 Å². The SMILES string of the molecule is C[C@@H](c1ccc(F)cc1)N(c1cc(C2CC2)[nH]n1)c1c(N)ccc(N)c1F. The normalized spacial score (nSPS) is 14.9. The lowest BCUT2D eigenvalue weighted by molar-refractivity contribution is 0.617. The molecule has 0 saturated heterocycles. The fourth-order valence-electron chi connectivity index (χ4n) is 3.29. The van der Waals surface area contributed by atoms with Gasteiger partial charge in [-0.2, -0.15) is 5.10 Å². The van der Waals surface area contributed by atoms with Gasteiger partial charge < -0.3 is 16.4 Å². The van der Waals surface area contributed by atoms with Gasteiger partial charge in [0.15, 0.2) is 11.6 Å². The van der Waals surface area contributed by atoms with Gasteiger partial charge in [-0.15, -0.1) is 0 Å². The molecule has 0 spiro atoms. The molecular formula is C20H21F2N5. The summed E-state index contributed by atoms with van der Waals surface area (Å²) in [6.45, 7) is 1.89. The van der Waals surface area contributed by atoms with E-state index in [2.05, 4.69) is 10.2 Å². The Morgan fingerprint density at radius 3 is 2.41 bits per heavy atom. The summed E-state index contributed by atoms with van der Waals surface area (Å²) in [5.74, 6) is 0.0880. The molecule has 1 atom stereocenters. The van der Waals surface area contributed by atoms with Gasteiger partial charge in [-0.1, -0.05) is 12.1 Å². The summed E-state index contributed by atoms with van der Waals surface area (Å²) in [5, 5.41) is 7.43. The first-order chi connectivity index (χ1) is 13.0. The van der Waals surface area contributed by atoms with E-state index in [1.165, 1.54) is 18.2 Å². The van der Waals surface area contributed by atoms with Crippen LogP contribution in [0.25, 0.3) is 0 Å². The Balaban J connectivity index is 1.84. The number of hydrogen-bond acceptors (Lipinski definition) is 4. The minimum atomic E-state index is -0.597. The van der Waals surface area contributed by atoms with Crippen LogP contribution in [-0.4, -0.2) is 10.2 Å². The first kappa shape index (κ1) is 17.3. The highest BCUT2D eigenvalue weighted by Gasteiger charge is 2.30. The first-order valence-electron chi connectivity index (χ1n) is 8.89. The van der Waals surface area contributed by atoms with E-state index in [4.69, 9.17) is 11.5 Å². The fraction of sp³-hybridized carbons (Fsp3) is 0.250. The van der Waals surface area contributed by atoms with Gasteiger partial charge >= 0.3 is 0 Å². The molecule has 7 heteroatoms. The lowest BCUT2D eigenvalue weighted by Crippen LogP contribution is -2.24. The number of H-pyrrole nitrogens is 1. The summed E-state index contributed by atoms with van der Waals surface area (Å²) >= 11 is 0. The van der Waals surface area contributed by atoms with Crippen molar-refractivity contribution in [2.45, 2.75) is 31.7 Å². The topological polar surface area (TPSA) is 84.0 Å². The molecular weight excluding hydrogens is 348 g/mol. The van der Waals surface area contributed by atoms with Crippen molar-refractivity contribution in [2.24, 2.45) is 0 Å². The Labute approximate surface area is 156 Å². The van der Waals surface area contributed by atoms with Crippen LogP contribution in [0.4, 0.5) is 31.7 Å². The molecule has 0 aliphatic heterocycles. The number of nitrogen functional groups attached to an aromatic ring is 2. The van der Waals surface area contributed by atoms with Gasteiger partial charge in [0.05, 0.1) is 17.4 Å². The molecule has 1 fully saturated rings. The van der Waals surface area contributed by atoms with Crippen LogP contribution in [0.1, 0.15) is 43.0 Å². The third-order valence-corrected chi connectivity index (χ3v) is 5.01. The lowest BCUT2D eigenvalue weighted by atomic mass is 10.0. The number of hydrogen-bond donors (Lipinski definition) is 3. The van der Waals surface area contributed by atoms with Crippen LogP contribution in [0.3, 0.4) is 0 Å². The Morgan fingerprint density at radius 1 is 1.07 bits per heavy atom. The maximum absolute atomic E-state index is 15.0. The third kappa shape index (κ3) is 3.20. The molecule has 4 rings (SSSR count). The van der Waals surface area contributed by atoms with Gasteiger partial charge in [-0.05, 0) is 49.6 Å². The van der Waals surface area contributed by atoms with Crippen LogP contribution in [0.5, 0.6) is 0 Å². The first-order valence-corrected chi connectivity index (χ1v) is 8.89. The Bertz CT molecular complexity index is 963. The zero-order chi connectivity index (χ0) is 19.1. The largest absolute Gasteiger partial charge is 0.397 e. The van der Waals surface area contributed by atoms with Crippen LogP contribution in [0.15, 0.2) is 42.5 Å². The molecule has 0 amide bonds. The molecule has 3 aromatic rings. The van der Waals surface area contributed by atoms with Crippen LogP contribution >= 0.6 is 0 Å². The van der Waals surface area contributed by atoms with Crippen molar-refractivity contribution in [3.8, 4) is 0 Å². The highest BCUT2D eigenvalue weighted by atomic mass is 19.1. The minimum Gasteiger partial charge on any atom is -0.397 e. The molecule has 5 N–H and O–H groups in total. The number of halogens is 2. The van der Waals surface area contributed by atoms with E-state index in [0.29, 0.717) is 11.7 Å². The third-order valence-electron chi connectivity index (χ3n) is 5.01. The van der Waals surface area contributed by atoms with Gasteiger partial charge in [-0.3, -0.25) is 5.10 Å². The highest BCUT2D eigenvalue weighted by Crippen LogP contribution is 2.44. The zero-order valence-electron chi connectivity index (χ0n) is 14.9.